The number of aromatic nitrogens is 4. The molecule has 2 unspecified atom stereocenters. The SMILES string of the molecule is CCNC1(C#N)CCC(Sc2nnnn2C)C1. The van der Waals surface area contributed by atoms with Crippen LogP contribution in [0, 0.1) is 11.3 Å². The third-order valence-corrected chi connectivity index (χ3v) is 4.34. The maximum absolute atomic E-state index is 9.28. The van der Waals surface area contributed by atoms with Gasteiger partial charge in [-0.05, 0) is 36.2 Å². The molecule has 0 radical (unpaired) electrons. The molecule has 17 heavy (non-hydrogen) atoms. The minimum atomic E-state index is -0.349. The molecule has 1 fully saturated rings. The first-order valence-corrected chi connectivity index (χ1v) is 6.62. The van der Waals surface area contributed by atoms with Crippen LogP contribution in [0.2, 0.25) is 0 Å². The summed E-state index contributed by atoms with van der Waals surface area (Å²) in [4.78, 5) is 0. The Hall–Kier alpha value is -1.13. The molecule has 0 amide bonds. The van der Waals surface area contributed by atoms with E-state index in [1.165, 1.54) is 0 Å². The van der Waals surface area contributed by atoms with Crippen molar-refractivity contribution >= 4 is 11.8 Å². The van der Waals surface area contributed by atoms with Crippen molar-refractivity contribution in [2.45, 2.75) is 42.1 Å². The molecule has 1 saturated carbocycles. The molecular weight excluding hydrogens is 236 g/mol. The van der Waals surface area contributed by atoms with Crippen molar-refractivity contribution in [2.75, 3.05) is 6.54 Å². The Kier molecular flexibility index (Phi) is 3.64. The molecule has 1 aliphatic rings. The van der Waals surface area contributed by atoms with Gasteiger partial charge in [-0.2, -0.15) is 5.26 Å². The normalized spacial score (nSPS) is 28.2. The lowest BCUT2D eigenvalue weighted by atomic mass is 10.0. The summed E-state index contributed by atoms with van der Waals surface area (Å²) in [5, 5.41) is 25.2. The van der Waals surface area contributed by atoms with Gasteiger partial charge in [0, 0.05) is 12.3 Å². The van der Waals surface area contributed by atoms with E-state index in [1.54, 1.807) is 16.4 Å². The van der Waals surface area contributed by atoms with Gasteiger partial charge in [-0.15, -0.1) is 5.10 Å². The molecule has 1 aromatic heterocycles. The van der Waals surface area contributed by atoms with Crippen LogP contribution in [0.3, 0.4) is 0 Å². The second-order valence-corrected chi connectivity index (χ2v) is 5.56. The van der Waals surface area contributed by atoms with Crippen LogP contribution < -0.4 is 5.32 Å². The zero-order valence-electron chi connectivity index (χ0n) is 10.1. The van der Waals surface area contributed by atoms with Gasteiger partial charge in [0.15, 0.2) is 0 Å². The fraction of sp³-hybridized carbons (Fsp3) is 0.800. The van der Waals surface area contributed by atoms with E-state index >= 15 is 0 Å². The smallest absolute Gasteiger partial charge is 0.209 e. The van der Waals surface area contributed by atoms with Crippen molar-refractivity contribution in [3.8, 4) is 6.07 Å². The fourth-order valence-corrected chi connectivity index (χ4v) is 3.39. The Morgan fingerprint density at radius 1 is 1.71 bits per heavy atom. The van der Waals surface area contributed by atoms with Gasteiger partial charge >= 0.3 is 0 Å². The van der Waals surface area contributed by atoms with E-state index in [1.807, 2.05) is 14.0 Å². The Balaban J connectivity index is 1.99. The van der Waals surface area contributed by atoms with Crippen molar-refractivity contribution in [1.82, 2.24) is 25.5 Å². The molecule has 1 aliphatic carbocycles. The van der Waals surface area contributed by atoms with Crippen molar-refractivity contribution in [3.63, 3.8) is 0 Å². The molecule has 0 aromatic carbocycles. The fourth-order valence-electron chi connectivity index (χ4n) is 2.21. The molecule has 92 valence electrons. The molecule has 0 saturated heterocycles. The van der Waals surface area contributed by atoms with Gasteiger partial charge in [0.2, 0.25) is 5.16 Å². The molecule has 1 aromatic rings. The average Bonchev–Trinajstić information content (AvgIpc) is 2.89. The number of hydrogen-bond acceptors (Lipinski definition) is 6. The summed E-state index contributed by atoms with van der Waals surface area (Å²) < 4.78 is 1.67. The lowest BCUT2D eigenvalue weighted by Crippen LogP contribution is -2.41. The zero-order chi connectivity index (χ0) is 12.3. The summed E-state index contributed by atoms with van der Waals surface area (Å²) in [6, 6.07) is 2.42. The molecule has 0 spiro atoms. The van der Waals surface area contributed by atoms with Crippen LogP contribution in [0.5, 0.6) is 0 Å². The first kappa shape index (κ1) is 12.3. The molecule has 6 nitrogen and oxygen atoms in total. The molecule has 2 atom stereocenters. The van der Waals surface area contributed by atoms with Gasteiger partial charge in [-0.25, -0.2) is 4.68 Å². The van der Waals surface area contributed by atoms with Crippen LogP contribution in [0.15, 0.2) is 5.16 Å². The standard InChI is InChI=1S/C10H16N6S/c1-3-12-10(7-11)5-4-8(6-10)17-9-13-14-15-16(9)2/h8,12H,3-6H2,1-2H3. The maximum Gasteiger partial charge on any atom is 0.209 e. The van der Waals surface area contributed by atoms with Gasteiger partial charge < -0.3 is 0 Å². The highest BCUT2D eigenvalue weighted by Crippen LogP contribution is 2.38. The van der Waals surface area contributed by atoms with Crippen molar-refractivity contribution in [3.05, 3.63) is 0 Å². The number of tetrazole rings is 1. The third kappa shape index (κ3) is 2.58. The Morgan fingerprint density at radius 3 is 3.12 bits per heavy atom. The Morgan fingerprint density at radius 2 is 2.53 bits per heavy atom. The van der Waals surface area contributed by atoms with E-state index < -0.39 is 0 Å². The number of rotatable bonds is 4. The molecular formula is C10H16N6S. The molecule has 0 bridgehead atoms. The highest BCUT2D eigenvalue weighted by molar-refractivity contribution is 7.99. The lowest BCUT2D eigenvalue weighted by molar-refractivity contribution is 0.436. The second-order valence-electron chi connectivity index (χ2n) is 4.29. The second kappa shape index (κ2) is 5.02. The first-order chi connectivity index (χ1) is 8.19. The Bertz CT molecular complexity index is 425. The van der Waals surface area contributed by atoms with Crippen LogP contribution in [-0.4, -0.2) is 37.5 Å². The number of nitrogens with zero attached hydrogens (tertiary/aromatic N) is 5. The van der Waals surface area contributed by atoms with Gasteiger partial charge in [-0.1, -0.05) is 18.7 Å². The van der Waals surface area contributed by atoms with E-state index in [2.05, 4.69) is 26.9 Å². The van der Waals surface area contributed by atoms with Crippen molar-refractivity contribution < 1.29 is 0 Å². The maximum atomic E-state index is 9.28. The Labute approximate surface area is 105 Å². The molecule has 1 N–H and O–H groups in total. The number of nitriles is 1. The molecule has 7 heteroatoms. The van der Waals surface area contributed by atoms with Gasteiger partial charge in [0.05, 0.1) is 6.07 Å². The van der Waals surface area contributed by atoms with Crippen LogP contribution in [-0.2, 0) is 7.05 Å². The predicted molar refractivity (Wildman–Crippen MR) is 64.3 cm³/mol. The summed E-state index contributed by atoms with van der Waals surface area (Å²) in [7, 11) is 1.83. The average molecular weight is 252 g/mol. The molecule has 2 rings (SSSR count). The van der Waals surface area contributed by atoms with Crippen molar-refractivity contribution in [2.24, 2.45) is 7.05 Å². The van der Waals surface area contributed by atoms with Crippen molar-refractivity contribution in [1.29, 1.82) is 5.26 Å². The van der Waals surface area contributed by atoms with Crippen LogP contribution >= 0.6 is 11.8 Å². The number of aryl methyl sites for hydroxylation is 1. The number of nitrogens with one attached hydrogen (secondary N) is 1. The van der Waals surface area contributed by atoms with Gasteiger partial charge in [0.25, 0.3) is 0 Å². The summed E-state index contributed by atoms with van der Waals surface area (Å²) >= 11 is 1.66. The van der Waals surface area contributed by atoms with E-state index in [4.69, 9.17) is 0 Å². The van der Waals surface area contributed by atoms with Crippen LogP contribution in [0.1, 0.15) is 26.2 Å². The van der Waals surface area contributed by atoms with Crippen LogP contribution in [0.25, 0.3) is 0 Å². The number of thioether (sulfide) groups is 1. The van der Waals surface area contributed by atoms with E-state index in [9.17, 15) is 5.26 Å². The first-order valence-electron chi connectivity index (χ1n) is 5.74. The highest BCUT2D eigenvalue weighted by Gasteiger charge is 2.39. The quantitative estimate of drug-likeness (QED) is 0.851. The monoisotopic (exact) mass is 252 g/mol. The molecule has 0 aliphatic heterocycles. The van der Waals surface area contributed by atoms with E-state index in [0.717, 1.165) is 31.0 Å². The highest BCUT2D eigenvalue weighted by atomic mass is 32.2. The zero-order valence-corrected chi connectivity index (χ0v) is 10.9. The largest absolute Gasteiger partial charge is 0.300 e. The lowest BCUT2D eigenvalue weighted by Gasteiger charge is -2.21. The van der Waals surface area contributed by atoms with Gasteiger partial charge in [-0.3, -0.25) is 5.32 Å². The summed E-state index contributed by atoms with van der Waals surface area (Å²) in [6.45, 7) is 2.86. The van der Waals surface area contributed by atoms with Gasteiger partial charge in [0.1, 0.15) is 5.54 Å². The summed E-state index contributed by atoms with van der Waals surface area (Å²) in [6.07, 6.45) is 2.78. The number of hydrogen-bond donors (Lipinski definition) is 1. The topological polar surface area (TPSA) is 79.4 Å². The minimum Gasteiger partial charge on any atom is -0.300 e. The summed E-state index contributed by atoms with van der Waals surface area (Å²) in [5.74, 6) is 0. The van der Waals surface area contributed by atoms with E-state index in [-0.39, 0.29) is 5.54 Å². The summed E-state index contributed by atoms with van der Waals surface area (Å²) in [5.41, 5.74) is -0.349. The minimum absolute atomic E-state index is 0.349. The predicted octanol–water partition coefficient (Wildman–Crippen LogP) is 0.727. The third-order valence-electron chi connectivity index (χ3n) is 3.05. The molecule has 1 heterocycles. The van der Waals surface area contributed by atoms with Crippen LogP contribution in [0.4, 0.5) is 0 Å². The van der Waals surface area contributed by atoms with E-state index in [0.29, 0.717) is 5.25 Å².